The first-order valence-electron chi connectivity index (χ1n) is 12.1. The van der Waals surface area contributed by atoms with Gasteiger partial charge in [0.2, 0.25) is 0 Å². The van der Waals surface area contributed by atoms with Crippen LogP contribution in [0.15, 0.2) is 57.9 Å². The number of aryl methyl sites for hydroxylation is 1. The molecular formula is C28H25BrClN3O4S. The molecule has 0 N–H and O–H groups in total. The van der Waals surface area contributed by atoms with Gasteiger partial charge in [0.05, 0.1) is 30.4 Å². The van der Waals surface area contributed by atoms with E-state index in [9.17, 15) is 14.4 Å². The van der Waals surface area contributed by atoms with Crippen molar-refractivity contribution in [1.29, 1.82) is 0 Å². The van der Waals surface area contributed by atoms with Crippen LogP contribution in [0.5, 0.6) is 0 Å². The fourth-order valence-corrected chi connectivity index (χ4v) is 6.25. The molecule has 2 aromatic carbocycles. The van der Waals surface area contributed by atoms with Crippen LogP contribution in [0.4, 0.5) is 10.5 Å². The van der Waals surface area contributed by atoms with E-state index in [4.69, 9.17) is 16.3 Å². The van der Waals surface area contributed by atoms with Crippen molar-refractivity contribution in [1.82, 2.24) is 9.47 Å². The Kier molecular flexibility index (Phi) is 7.81. The Morgan fingerprint density at radius 2 is 1.79 bits per heavy atom. The summed E-state index contributed by atoms with van der Waals surface area (Å²) in [7, 11) is 0. The van der Waals surface area contributed by atoms with E-state index in [1.54, 1.807) is 30.3 Å². The highest BCUT2D eigenvalue weighted by molar-refractivity contribution is 9.10. The average molecular weight is 615 g/mol. The third-order valence-electron chi connectivity index (χ3n) is 6.64. The lowest BCUT2D eigenvalue weighted by molar-refractivity contribution is -0.122. The number of hydrogen-bond donors (Lipinski definition) is 0. The molecule has 10 heteroatoms. The number of imide groups is 1. The number of morpholine rings is 1. The molecule has 3 heterocycles. The number of benzene rings is 2. The second-order valence-electron chi connectivity index (χ2n) is 9.09. The van der Waals surface area contributed by atoms with Gasteiger partial charge in [-0.05, 0) is 102 Å². The van der Waals surface area contributed by atoms with Crippen LogP contribution in [-0.2, 0) is 9.53 Å². The predicted molar refractivity (Wildman–Crippen MR) is 154 cm³/mol. The summed E-state index contributed by atoms with van der Waals surface area (Å²) < 4.78 is 8.59. The van der Waals surface area contributed by atoms with Gasteiger partial charge in [-0.2, -0.15) is 0 Å². The zero-order valence-electron chi connectivity index (χ0n) is 20.9. The molecule has 2 fully saturated rings. The Morgan fingerprint density at radius 1 is 1.08 bits per heavy atom. The van der Waals surface area contributed by atoms with Crippen LogP contribution in [0.1, 0.15) is 27.3 Å². The summed E-state index contributed by atoms with van der Waals surface area (Å²) in [6.45, 7) is 6.81. The SMILES string of the molecule is Cc1cc(/C=C2\SC(=O)N(CC(=O)c3ccc(Cl)cc3)C2=O)c(C)n1-c1ccc(N2CCOCC2)c(Br)c1. The molecule has 2 saturated heterocycles. The van der Waals surface area contributed by atoms with Gasteiger partial charge in [-0.1, -0.05) is 11.6 Å². The Bertz CT molecular complexity index is 1460. The highest BCUT2D eigenvalue weighted by atomic mass is 79.9. The Hall–Kier alpha value is -2.85. The summed E-state index contributed by atoms with van der Waals surface area (Å²) in [5.41, 5.74) is 5.29. The van der Waals surface area contributed by atoms with Crippen molar-refractivity contribution < 1.29 is 19.1 Å². The minimum atomic E-state index is -0.468. The third kappa shape index (κ3) is 5.33. The van der Waals surface area contributed by atoms with Gasteiger partial charge in [-0.3, -0.25) is 19.3 Å². The first-order chi connectivity index (χ1) is 18.2. The number of carbonyl (C=O) groups is 3. The highest BCUT2D eigenvalue weighted by Crippen LogP contribution is 2.35. The van der Waals surface area contributed by atoms with E-state index < -0.39 is 11.1 Å². The number of ether oxygens (including phenoxy) is 1. The summed E-state index contributed by atoms with van der Waals surface area (Å²) in [6, 6.07) is 14.6. The van der Waals surface area contributed by atoms with Gasteiger partial charge in [-0.25, -0.2) is 0 Å². The van der Waals surface area contributed by atoms with Crippen molar-refractivity contribution in [2.45, 2.75) is 13.8 Å². The lowest BCUT2D eigenvalue weighted by Crippen LogP contribution is -2.36. The van der Waals surface area contributed by atoms with E-state index in [2.05, 4.69) is 43.6 Å². The Labute approximate surface area is 238 Å². The van der Waals surface area contributed by atoms with Gasteiger partial charge in [-0.15, -0.1) is 0 Å². The van der Waals surface area contributed by atoms with Crippen molar-refractivity contribution in [3.8, 4) is 5.69 Å². The standard InChI is InChI=1S/C28H25BrClN3O4S/c1-17-13-20(18(2)33(17)22-7-8-24(23(29)15-22)31-9-11-37-12-10-31)14-26-27(35)32(28(36)38-26)16-25(34)19-3-5-21(30)6-4-19/h3-8,13-15H,9-12,16H2,1-2H3/b26-14-. The predicted octanol–water partition coefficient (Wildman–Crippen LogP) is 6.27. The van der Waals surface area contributed by atoms with Gasteiger partial charge < -0.3 is 14.2 Å². The monoisotopic (exact) mass is 613 g/mol. The van der Waals surface area contributed by atoms with Crippen LogP contribution in [0.25, 0.3) is 11.8 Å². The first-order valence-corrected chi connectivity index (χ1v) is 14.1. The minimum Gasteiger partial charge on any atom is -0.378 e. The van der Waals surface area contributed by atoms with E-state index in [1.165, 1.54) is 0 Å². The zero-order chi connectivity index (χ0) is 27.0. The quantitative estimate of drug-likeness (QED) is 0.241. The van der Waals surface area contributed by atoms with Crippen molar-refractivity contribution in [2.75, 3.05) is 37.7 Å². The lowest BCUT2D eigenvalue weighted by atomic mass is 10.1. The first kappa shape index (κ1) is 26.7. The largest absolute Gasteiger partial charge is 0.378 e. The number of Topliss-reactive ketones (excluding diaryl/α,β-unsaturated/α-hetero) is 1. The molecular weight excluding hydrogens is 590 g/mol. The van der Waals surface area contributed by atoms with Crippen LogP contribution < -0.4 is 4.90 Å². The Balaban J connectivity index is 1.37. The molecule has 196 valence electrons. The third-order valence-corrected chi connectivity index (χ3v) is 8.43. The summed E-state index contributed by atoms with van der Waals surface area (Å²) in [4.78, 5) is 41.9. The summed E-state index contributed by atoms with van der Waals surface area (Å²) in [6.07, 6.45) is 1.73. The normalized spacial score (nSPS) is 17.1. The maximum atomic E-state index is 13.1. The fourth-order valence-electron chi connectivity index (χ4n) is 4.67. The topological polar surface area (TPSA) is 71.9 Å². The van der Waals surface area contributed by atoms with Crippen LogP contribution in [0.2, 0.25) is 5.02 Å². The molecule has 5 rings (SSSR count). The molecule has 1 aromatic heterocycles. The van der Waals surface area contributed by atoms with Crippen molar-refractivity contribution >= 4 is 68.0 Å². The molecule has 2 aliphatic heterocycles. The number of halogens is 2. The van der Waals surface area contributed by atoms with Gasteiger partial charge in [0.15, 0.2) is 5.78 Å². The molecule has 2 amide bonds. The smallest absolute Gasteiger partial charge is 0.293 e. The van der Waals surface area contributed by atoms with Crippen LogP contribution in [-0.4, -0.2) is 59.2 Å². The number of aromatic nitrogens is 1. The number of anilines is 1. The van der Waals surface area contributed by atoms with E-state index in [0.29, 0.717) is 28.7 Å². The summed E-state index contributed by atoms with van der Waals surface area (Å²) in [5.74, 6) is -0.792. The van der Waals surface area contributed by atoms with E-state index in [0.717, 1.165) is 62.6 Å². The molecule has 2 aliphatic rings. The minimum absolute atomic E-state index is 0.294. The molecule has 0 saturated carbocycles. The van der Waals surface area contributed by atoms with E-state index >= 15 is 0 Å². The van der Waals surface area contributed by atoms with Crippen molar-refractivity contribution in [3.05, 3.63) is 85.4 Å². The molecule has 38 heavy (non-hydrogen) atoms. The van der Waals surface area contributed by atoms with Crippen LogP contribution in [0, 0.1) is 13.8 Å². The second-order valence-corrected chi connectivity index (χ2v) is 11.4. The zero-order valence-corrected chi connectivity index (χ0v) is 24.0. The number of rotatable bonds is 6. The number of thioether (sulfide) groups is 1. The molecule has 0 bridgehead atoms. The lowest BCUT2D eigenvalue weighted by Gasteiger charge is -2.30. The molecule has 0 spiro atoms. The van der Waals surface area contributed by atoms with Crippen LogP contribution >= 0.6 is 39.3 Å². The highest BCUT2D eigenvalue weighted by Gasteiger charge is 2.36. The maximum absolute atomic E-state index is 13.1. The van der Waals surface area contributed by atoms with Crippen molar-refractivity contribution in [2.24, 2.45) is 0 Å². The van der Waals surface area contributed by atoms with Gasteiger partial charge in [0.1, 0.15) is 0 Å². The summed E-state index contributed by atoms with van der Waals surface area (Å²) in [5, 5.41) is 0.0497. The van der Waals surface area contributed by atoms with Crippen LogP contribution in [0.3, 0.4) is 0 Å². The number of nitrogens with zero attached hydrogens (tertiary/aromatic N) is 3. The number of hydrogen-bond acceptors (Lipinski definition) is 6. The fraction of sp³-hybridized carbons (Fsp3) is 0.250. The number of carbonyl (C=O) groups excluding carboxylic acids is 3. The van der Waals surface area contributed by atoms with E-state index in [1.807, 2.05) is 19.9 Å². The van der Waals surface area contributed by atoms with Gasteiger partial charge >= 0.3 is 0 Å². The molecule has 0 aliphatic carbocycles. The second kappa shape index (κ2) is 11.1. The molecule has 0 unspecified atom stereocenters. The average Bonchev–Trinajstić information content (AvgIpc) is 3.33. The molecule has 0 atom stereocenters. The van der Waals surface area contributed by atoms with Gasteiger partial charge in [0.25, 0.3) is 11.1 Å². The van der Waals surface area contributed by atoms with Crippen molar-refractivity contribution in [3.63, 3.8) is 0 Å². The van der Waals surface area contributed by atoms with Gasteiger partial charge in [0, 0.05) is 45.2 Å². The molecule has 0 radical (unpaired) electrons. The molecule has 3 aromatic rings. The Morgan fingerprint density at radius 3 is 2.47 bits per heavy atom. The number of amides is 2. The summed E-state index contributed by atoms with van der Waals surface area (Å²) >= 11 is 10.5. The van der Waals surface area contributed by atoms with E-state index in [-0.39, 0.29) is 12.3 Å². The number of ketones is 1. The maximum Gasteiger partial charge on any atom is 0.293 e. The molecule has 7 nitrogen and oxygen atoms in total.